The highest BCUT2D eigenvalue weighted by molar-refractivity contribution is 9.10. The first kappa shape index (κ1) is 14.9. The van der Waals surface area contributed by atoms with Gasteiger partial charge in [0.05, 0.1) is 5.56 Å². The van der Waals surface area contributed by atoms with Crippen molar-refractivity contribution < 1.29 is 9.90 Å². The van der Waals surface area contributed by atoms with Gasteiger partial charge in [0.2, 0.25) is 0 Å². The third-order valence-corrected chi connectivity index (χ3v) is 3.99. The lowest BCUT2D eigenvalue weighted by molar-refractivity contribution is 0.0699. The average molecular weight is 377 g/mol. The molecule has 0 atom stereocenters. The first-order chi connectivity index (χ1) is 10.5. The van der Waals surface area contributed by atoms with Crippen LogP contribution >= 0.6 is 27.5 Å². The number of rotatable bonds is 3. The fraction of sp³-hybridized carbons (Fsp3) is 0. The molecule has 0 aliphatic rings. The summed E-state index contributed by atoms with van der Waals surface area (Å²) in [6, 6.07) is 12.8. The lowest BCUT2D eigenvalue weighted by Gasteiger charge is -1.98. The van der Waals surface area contributed by atoms with E-state index in [0.717, 1.165) is 21.2 Å². The number of H-pyrrole nitrogens is 1. The molecule has 1 aromatic heterocycles. The Labute approximate surface area is 140 Å². The Bertz CT molecular complexity index is 882. The Kier molecular flexibility index (Phi) is 4.05. The molecule has 3 rings (SSSR count). The first-order valence-corrected chi connectivity index (χ1v) is 7.69. The van der Waals surface area contributed by atoms with Crippen molar-refractivity contribution in [1.82, 2.24) is 4.98 Å². The van der Waals surface area contributed by atoms with Crippen molar-refractivity contribution in [2.75, 3.05) is 0 Å². The summed E-state index contributed by atoms with van der Waals surface area (Å²) in [5.41, 5.74) is 2.91. The zero-order valence-electron chi connectivity index (χ0n) is 11.3. The molecule has 5 heteroatoms. The van der Waals surface area contributed by atoms with Crippen molar-refractivity contribution in [3.63, 3.8) is 0 Å². The van der Waals surface area contributed by atoms with Crippen LogP contribution in [0.1, 0.15) is 21.6 Å². The topological polar surface area (TPSA) is 53.1 Å². The van der Waals surface area contributed by atoms with Crippen LogP contribution in [-0.2, 0) is 0 Å². The molecule has 1 heterocycles. The van der Waals surface area contributed by atoms with Gasteiger partial charge in [-0.05, 0) is 42.0 Å². The standard InChI is InChI=1S/C17H11BrClNO2/c18-11-7-15(17(21)22)14-9-13(20-16(14)8-11)6-3-10-1-4-12(19)5-2-10/h1-9,20H,(H,21,22). The minimum atomic E-state index is -0.946. The van der Waals surface area contributed by atoms with Crippen LogP contribution in [0.25, 0.3) is 23.1 Å². The van der Waals surface area contributed by atoms with Gasteiger partial charge < -0.3 is 10.1 Å². The van der Waals surface area contributed by atoms with E-state index in [-0.39, 0.29) is 5.56 Å². The molecule has 0 bridgehead atoms. The molecule has 0 aliphatic carbocycles. The third-order valence-electron chi connectivity index (χ3n) is 3.28. The van der Waals surface area contributed by atoms with Gasteiger partial charge in [-0.25, -0.2) is 4.79 Å². The molecule has 2 N–H and O–H groups in total. The van der Waals surface area contributed by atoms with E-state index >= 15 is 0 Å². The summed E-state index contributed by atoms with van der Waals surface area (Å²) in [5, 5.41) is 10.7. The Balaban J connectivity index is 2.00. The van der Waals surface area contributed by atoms with Crippen LogP contribution in [0.2, 0.25) is 5.02 Å². The van der Waals surface area contributed by atoms with Crippen LogP contribution in [0.3, 0.4) is 0 Å². The molecule has 0 amide bonds. The summed E-state index contributed by atoms with van der Waals surface area (Å²) in [6.45, 7) is 0. The number of fused-ring (bicyclic) bond motifs is 1. The number of hydrogen-bond donors (Lipinski definition) is 2. The van der Waals surface area contributed by atoms with Crippen molar-refractivity contribution in [3.05, 3.63) is 68.8 Å². The monoisotopic (exact) mass is 375 g/mol. The maximum Gasteiger partial charge on any atom is 0.336 e. The second kappa shape index (κ2) is 5.99. The lowest BCUT2D eigenvalue weighted by atomic mass is 10.1. The van der Waals surface area contributed by atoms with Gasteiger partial charge in [-0.2, -0.15) is 0 Å². The Morgan fingerprint density at radius 2 is 1.86 bits per heavy atom. The number of carboxylic acid groups (broad SMARTS) is 1. The lowest BCUT2D eigenvalue weighted by Crippen LogP contribution is -1.96. The fourth-order valence-corrected chi connectivity index (χ4v) is 2.83. The predicted octanol–water partition coefficient (Wildman–Crippen LogP) is 5.45. The molecule has 0 saturated carbocycles. The van der Waals surface area contributed by atoms with Gasteiger partial charge in [0.1, 0.15) is 0 Å². The van der Waals surface area contributed by atoms with E-state index in [1.165, 1.54) is 0 Å². The molecule has 22 heavy (non-hydrogen) atoms. The molecular weight excluding hydrogens is 366 g/mol. The molecular formula is C17H11BrClNO2. The van der Waals surface area contributed by atoms with Gasteiger partial charge in [-0.1, -0.05) is 45.7 Å². The summed E-state index contributed by atoms with van der Waals surface area (Å²) in [6.07, 6.45) is 3.85. The van der Waals surface area contributed by atoms with Gasteiger partial charge in [0.15, 0.2) is 0 Å². The quantitative estimate of drug-likeness (QED) is 0.638. The maximum absolute atomic E-state index is 11.3. The zero-order valence-corrected chi connectivity index (χ0v) is 13.6. The highest BCUT2D eigenvalue weighted by atomic mass is 79.9. The van der Waals surface area contributed by atoms with Crippen molar-refractivity contribution >= 4 is 56.6 Å². The number of aromatic amines is 1. The Hall–Kier alpha value is -2.04. The van der Waals surface area contributed by atoms with Crippen LogP contribution in [0, 0.1) is 0 Å². The highest BCUT2D eigenvalue weighted by Gasteiger charge is 2.11. The SMILES string of the molecule is O=C(O)c1cc(Br)cc2[nH]c(C=Cc3ccc(Cl)cc3)cc12. The van der Waals surface area contributed by atoms with E-state index in [0.29, 0.717) is 10.4 Å². The predicted molar refractivity (Wildman–Crippen MR) is 93.3 cm³/mol. The van der Waals surface area contributed by atoms with Gasteiger partial charge in [0, 0.05) is 26.1 Å². The number of halogens is 2. The van der Waals surface area contributed by atoms with Crippen LogP contribution < -0.4 is 0 Å². The van der Waals surface area contributed by atoms with E-state index in [1.807, 2.05) is 48.6 Å². The van der Waals surface area contributed by atoms with Crippen LogP contribution in [0.15, 0.2) is 46.9 Å². The number of aromatic carboxylic acids is 1. The van der Waals surface area contributed by atoms with Crippen molar-refractivity contribution in [2.24, 2.45) is 0 Å². The average Bonchev–Trinajstić information content (AvgIpc) is 2.88. The largest absolute Gasteiger partial charge is 0.478 e. The minimum Gasteiger partial charge on any atom is -0.478 e. The number of aromatic nitrogens is 1. The fourth-order valence-electron chi connectivity index (χ4n) is 2.25. The van der Waals surface area contributed by atoms with E-state index in [1.54, 1.807) is 6.07 Å². The molecule has 3 nitrogen and oxygen atoms in total. The molecule has 0 unspecified atom stereocenters. The third kappa shape index (κ3) is 3.08. The Morgan fingerprint density at radius 3 is 2.55 bits per heavy atom. The van der Waals surface area contributed by atoms with Crippen LogP contribution in [0.4, 0.5) is 0 Å². The van der Waals surface area contributed by atoms with Crippen LogP contribution in [-0.4, -0.2) is 16.1 Å². The van der Waals surface area contributed by atoms with Gasteiger partial charge >= 0.3 is 5.97 Å². The number of nitrogens with one attached hydrogen (secondary N) is 1. The summed E-state index contributed by atoms with van der Waals surface area (Å²) < 4.78 is 0.729. The molecule has 2 aromatic carbocycles. The van der Waals surface area contributed by atoms with E-state index in [9.17, 15) is 9.90 Å². The van der Waals surface area contributed by atoms with Crippen molar-refractivity contribution in [2.45, 2.75) is 0 Å². The van der Waals surface area contributed by atoms with Gasteiger partial charge in [-0.15, -0.1) is 0 Å². The highest BCUT2D eigenvalue weighted by Crippen LogP contribution is 2.26. The molecule has 0 radical (unpaired) electrons. The molecule has 3 aromatic rings. The van der Waals surface area contributed by atoms with Crippen LogP contribution in [0.5, 0.6) is 0 Å². The number of benzene rings is 2. The van der Waals surface area contributed by atoms with Crippen molar-refractivity contribution in [1.29, 1.82) is 0 Å². The maximum atomic E-state index is 11.3. The minimum absolute atomic E-state index is 0.270. The van der Waals surface area contributed by atoms with Gasteiger partial charge in [0.25, 0.3) is 0 Å². The Morgan fingerprint density at radius 1 is 1.14 bits per heavy atom. The molecule has 0 spiro atoms. The summed E-state index contributed by atoms with van der Waals surface area (Å²) >= 11 is 9.18. The second-order valence-electron chi connectivity index (χ2n) is 4.83. The molecule has 0 aliphatic heterocycles. The van der Waals surface area contributed by atoms with E-state index in [4.69, 9.17) is 11.6 Å². The number of hydrogen-bond acceptors (Lipinski definition) is 1. The van der Waals surface area contributed by atoms with E-state index in [2.05, 4.69) is 20.9 Å². The smallest absolute Gasteiger partial charge is 0.336 e. The number of carboxylic acids is 1. The summed E-state index contributed by atoms with van der Waals surface area (Å²) in [4.78, 5) is 14.5. The zero-order chi connectivity index (χ0) is 15.7. The normalized spacial score (nSPS) is 11.4. The van der Waals surface area contributed by atoms with Crippen molar-refractivity contribution in [3.8, 4) is 0 Å². The summed E-state index contributed by atoms with van der Waals surface area (Å²) in [7, 11) is 0. The number of carbonyl (C=O) groups is 1. The molecule has 0 saturated heterocycles. The first-order valence-electron chi connectivity index (χ1n) is 6.52. The molecule has 0 fully saturated rings. The second-order valence-corrected chi connectivity index (χ2v) is 6.18. The summed E-state index contributed by atoms with van der Waals surface area (Å²) in [5.74, 6) is -0.946. The van der Waals surface area contributed by atoms with Gasteiger partial charge in [-0.3, -0.25) is 0 Å². The molecule has 110 valence electrons. The van der Waals surface area contributed by atoms with E-state index < -0.39 is 5.97 Å².